The van der Waals surface area contributed by atoms with Crippen LogP contribution in [0.1, 0.15) is 45.1 Å². The number of hydrogen-bond donors (Lipinski definition) is 2. The van der Waals surface area contributed by atoms with Crippen LogP contribution in [0.3, 0.4) is 0 Å². The molecule has 2 N–H and O–H groups in total. The molecular weight excluding hydrogens is 302 g/mol. The molecule has 1 aliphatic carbocycles. The van der Waals surface area contributed by atoms with Gasteiger partial charge >= 0.3 is 5.97 Å². The third-order valence-corrected chi connectivity index (χ3v) is 4.98. The van der Waals surface area contributed by atoms with Gasteiger partial charge in [0.05, 0.1) is 6.42 Å². The number of carbonyl (C=O) groups excluding carboxylic acids is 1. The van der Waals surface area contributed by atoms with Gasteiger partial charge < -0.3 is 10.4 Å². The summed E-state index contributed by atoms with van der Waals surface area (Å²) in [6.45, 7) is 5.62. The summed E-state index contributed by atoms with van der Waals surface area (Å²) in [4.78, 5) is 23.5. The van der Waals surface area contributed by atoms with Crippen LogP contribution in [0.25, 0.3) is 0 Å². The van der Waals surface area contributed by atoms with Crippen molar-refractivity contribution in [2.24, 2.45) is 11.8 Å². The Morgan fingerprint density at radius 3 is 2.59 bits per heavy atom. The van der Waals surface area contributed by atoms with Gasteiger partial charge in [0.2, 0.25) is 5.91 Å². The average Bonchev–Trinajstić information content (AvgIpc) is 3.18. The Morgan fingerprint density at radius 2 is 2.05 bits per heavy atom. The number of carboxylic acid groups (broad SMARTS) is 1. The molecule has 3 unspecified atom stereocenters. The zero-order valence-corrected chi connectivity index (χ0v) is 13.9. The first-order valence-corrected chi connectivity index (χ1v) is 7.90. The van der Waals surface area contributed by atoms with Crippen molar-refractivity contribution in [1.82, 2.24) is 5.32 Å². The van der Waals surface area contributed by atoms with Crippen molar-refractivity contribution in [1.29, 1.82) is 0 Å². The van der Waals surface area contributed by atoms with Crippen molar-refractivity contribution in [2.75, 3.05) is 0 Å². The van der Waals surface area contributed by atoms with Crippen LogP contribution in [0.4, 0.5) is 0 Å². The molecule has 3 atom stereocenters. The molecule has 0 spiro atoms. The lowest BCUT2D eigenvalue weighted by molar-refractivity contribution is -0.139. The SMILES string of the molecule is CC(C)C(C)(CC(=O)O)NC(=O)C1CC1c1ccccc1Cl. The molecule has 4 nitrogen and oxygen atoms in total. The maximum atomic E-state index is 12.5. The van der Waals surface area contributed by atoms with Crippen molar-refractivity contribution < 1.29 is 14.7 Å². The second kappa shape index (κ2) is 6.29. The molecule has 1 aliphatic rings. The minimum absolute atomic E-state index is 0.0325. The van der Waals surface area contributed by atoms with E-state index in [1.807, 2.05) is 38.1 Å². The number of carboxylic acids is 1. The molecule has 5 heteroatoms. The minimum atomic E-state index is -0.907. The van der Waals surface area contributed by atoms with Gasteiger partial charge in [-0.25, -0.2) is 0 Å². The summed E-state index contributed by atoms with van der Waals surface area (Å²) in [5.41, 5.74) is 0.255. The molecule has 0 aliphatic heterocycles. The van der Waals surface area contributed by atoms with Gasteiger partial charge in [0.1, 0.15) is 0 Å². The zero-order chi connectivity index (χ0) is 16.5. The number of amides is 1. The smallest absolute Gasteiger partial charge is 0.305 e. The minimum Gasteiger partial charge on any atom is -0.481 e. The molecule has 1 saturated carbocycles. The maximum Gasteiger partial charge on any atom is 0.305 e. The van der Waals surface area contributed by atoms with Crippen LogP contribution in [0, 0.1) is 11.8 Å². The van der Waals surface area contributed by atoms with E-state index >= 15 is 0 Å². The first-order valence-electron chi connectivity index (χ1n) is 7.53. The fourth-order valence-electron chi connectivity index (χ4n) is 2.69. The molecule has 0 bridgehead atoms. The number of rotatable bonds is 6. The van der Waals surface area contributed by atoms with Gasteiger partial charge in [-0.05, 0) is 36.8 Å². The summed E-state index contributed by atoms with van der Waals surface area (Å²) in [7, 11) is 0. The molecule has 0 saturated heterocycles. The third-order valence-electron chi connectivity index (χ3n) is 4.63. The van der Waals surface area contributed by atoms with E-state index in [4.69, 9.17) is 16.7 Å². The first kappa shape index (κ1) is 16.8. The van der Waals surface area contributed by atoms with Crippen molar-refractivity contribution in [3.05, 3.63) is 34.9 Å². The van der Waals surface area contributed by atoms with E-state index in [1.54, 1.807) is 6.92 Å². The van der Waals surface area contributed by atoms with Crippen LogP contribution in [0.5, 0.6) is 0 Å². The van der Waals surface area contributed by atoms with Crippen molar-refractivity contribution >= 4 is 23.5 Å². The Morgan fingerprint density at radius 1 is 1.41 bits per heavy atom. The topological polar surface area (TPSA) is 66.4 Å². The second-order valence-corrected chi connectivity index (χ2v) is 7.01. The lowest BCUT2D eigenvalue weighted by Crippen LogP contribution is -2.51. The Balaban J connectivity index is 2.04. The molecular formula is C17H22ClNO3. The van der Waals surface area contributed by atoms with Crippen LogP contribution < -0.4 is 5.32 Å². The van der Waals surface area contributed by atoms with E-state index in [9.17, 15) is 9.59 Å². The van der Waals surface area contributed by atoms with Crippen LogP contribution in [0.15, 0.2) is 24.3 Å². The number of aliphatic carboxylic acids is 1. The first-order chi connectivity index (χ1) is 10.2. The number of halogens is 1. The second-order valence-electron chi connectivity index (χ2n) is 6.60. The fourth-order valence-corrected chi connectivity index (χ4v) is 2.96. The monoisotopic (exact) mass is 323 g/mol. The van der Waals surface area contributed by atoms with Gasteiger partial charge in [0.15, 0.2) is 0 Å². The van der Waals surface area contributed by atoms with Crippen LogP contribution in [-0.2, 0) is 9.59 Å². The predicted octanol–water partition coefficient (Wildman–Crippen LogP) is 3.45. The van der Waals surface area contributed by atoms with E-state index in [0.29, 0.717) is 5.02 Å². The zero-order valence-electron chi connectivity index (χ0n) is 13.1. The summed E-state index contributed by atoms with van der Waals surface area (Å²) in [6, 6.07) is 7.55. The van der Waals surface area contributed by atoms with E-state index < -0.39 is 11.5 Å². The molecule has 0 heterocycles. The van der Waals surface area contributed by atoms with Gasteiger partial charge in [0, 0.05) is 16.5 Å². The van der Waals surface area contributed by atoms with Gasteiger partial charge in [-0.3, -0.25) is 9.59 Å². The van der Waals surface area contributed by atoms with Crippen molar-refractivity contribution in [2.45, 2.75) is 45.1 Å². The number of nitrogens with one attached hydrogen (secondary N) is 1. The van der Waals surface area contributed by atoms with Gasteiger partial charge in [-0.15, -0.1) is 0 Å². The Hall–Kier alpha value is -1.55. The highest BCUT2D eigenvalue weighted by molar-refractivity contribution is 6.31. The molecule has 1 amide bonds. The van der Waals surface area contributed by atoms with Crippen LogP contribution in [-0.4, -0.2) is 22.5 Å². The van der Waals surface area contributed by atoms with Crippen molar-refractivity contribution in [3.63, 3.8) is 0 Å². The largest absolute Gasteiger partial charge is 0.481 e. The molecule has 2 rings (SSSR count). The molecule has 0 aromatic heterocycles. The highest BCUT2D eigenvalue weighted by Crippen LogP contribution is 2.49. The van der Waals surface area contributed by atoms with Crippen molar-refractivity contribution in [3.8, 4) is 0 Å². The quantitative estimate of drug-likeness (QED) is 0.842. The standard InChI is InChI=1S/C17H22ClNO3/c1-10(2)17(3,9-15(20)21)19-16(22)13-8-12(13)11-6-4-5-7-14(11)18/h4-7,10,12-13H,8-9H2,1-3H3,(H,19,22)(H,20,21). The van der Waals surface area contributed by atoms with Gasteiger partial charge in [-0.1, -0.05) is 43.6 Å². The Labute approximate surface area is 135 Å². The van der Waals surface area contributed by atoms with Crippen LogP contribution in [0.2, 0.25) is 5.02 Å². The molecule has 1 aromatic carbocycles. The highest BCUT2D eigenvalue weighted by Gasteiger charge is 2.47. The predicted molar refractivity (Wildman–Crippen MR) is 85.9 cm³/mol. The van der Waals surface area contributed by atoms with E-state index in [1.165, 1.54) is 0 Å². The number of hydrogen-bond acceptors (Lipinski definition) is 2. The lowest BCUT2D eigenvalue weighted by atomic mass is 9.85. The Kier molecular flexibility index (Phi) is 4.81. The molecule has 120 valence electrons. The maximum absolute atomic E-state index is 12.5. The molecule has 1 aromatic rings. The van der Waals surface area contributed by atoms with Crippen LogP contribution >= 0.6 is 11.6 Å². The van der Waals surface area contributed by atoms with E-state index in [2.05, 4.69) is 5.32 Å². The lowest BCUT2D eigenvalue weighted by Gasteiger charge is -2.33. The highest BCUT2D eigenvalue weighted by atomic mass is 35.5. The molecule has 22 heavy (non-hydrogen) atoms. The number of benzene rings is 1. The summed E-state index contributed by atoms with van der Waals surface area (Å²) in [6.07, 6.45) is 0.677. The summed E-state index contributed by atoms with van der Waals surface area (Å²) >= 11 is 6.17. The summed E-state index contributed by atoms with van der Waals surface area (Å²) in [5, 5.41) is 12.7. The Bertz CT molecular complexity index is 587. The fraction of sp³-hybridized carbons (Fsp3) is 0.529. The van der Waals surface area contributed by atoms with Gasteiger partial charge in [-0.2, -0.15) is 0 Å². The van der Waals surface area contributed by atoms with E-state index in [-0.39, 0.29) is 30.1 Å². The molecule has 1 fully saturated rings. The van der Waals surface area contributed by atoms with Gasteiger partial charge in [0.25, 0.3) is 0 Å². The number of carbonyl (C=O) groups is 2. The summed E-state index contributed by atoms with van der Waals surface area (Å²) in [5.74, 6) is -0.941. The van der Waals surface area contributed by atoms with E-state index in [0.717, 1.165) is 12.0 Å². The normalized spacial score (nSPS) is 23.0. The summed E-state index contributed by atoms with van der Waals surface area (Å²) < 4.78 is 0. The third kappa shape index (κ3) is 3.61. The average molecular weight is 324 g/mol. The molecule has 0 radical (unpaired) electrons.